The van der Waals surface area contributed by atoms with E-state index in [-0.39, 0.29) is 25.0 Å². The van der Waals surface area contributed by atoms with Gasteiger partial charge in [0, 0.05) is 11.6 Å². The molecule has 0 radical (unpaired) electrons. The summed E-state index contributed by atoms with van der Waals surface area (Å²) in [6, 6.07) is 3.41. The van der Waals surface area contributed by atoms with E-state index in [1.165, 1.54) is 16.2 Å². The Bertz CT molecular complexity index is 692. The number of aromatic nitrogens is 2. The second-order valence-corrected chi connectivity index (χ2v) is 5.82. The summed E-state index contributed by atoms with van der Waals surface area (Å²) in [5.74, 6) is 0.144. The number of rotatable bonds is 3. The zero-order valence-corrected chi connectivity index (χ0v) is 13.0. The lowest BCUT2D eigenvalue weighted by Crippen LogP contribution is -2.44. The highest BCUT2D eigenvalue weighted by Gasteiger charge is 2.29. The molecule has 0 fully saturated rings. The highest BCUT2D eigenvalue weighted by Crippen LogP contribution is 2.31. The van der Waals surface area contributed by atoms with Gasteiger partial charge in [0.1, 0.15) is 11.1 Å². The minimum absolute atomic E-state index is 0.110. The zero-order chi connectivity index (χ0) is 14.8. The van der Waals surface area contributed by atoms with Crippen molar-refractivity contribution in [2.24, 2.45) is 0 Å². The molecule has 108 valence electrons. The molecule has 2 aromatic heterocycles. The average Bonchev–Trinajstić information content (AvgIpc) is 2.95. The van der Waals surface area contributed by atoms with E-state index >= 15 is 0 Å². The number of thiazole rings is 1. The van der Waals surface area contributed by atoms with Gasteiger partial charge < -0.3 is 10.1 Å². The number of pyridine rings is 1. The molecule has 0 unspecified atom stereocenters. The van der Waals surface area contributed by atoms with E-state index in [0.29, 0.717) is 21.3 Å². The minimum Gasteiger partial charge on any atom is -0.480 e. The van der Waals surface area contributed by atoms with Crippen LogP contribution in [0.1, 0.15) is 0 Å². The van der Waals surface area contributed by atoms with Crippen LogP contribution in [0.3, 0.4) is 0 Å². The summed E-state index contributed by atoms with van der Waals surface area (Å²) in [5, 5.41) is 4.87. The van der Waals surface area contributed by atoms with Crippen LogP contribution in [0.25, 0.3) is 0 Å². The van der Waals surface area contributed by atoms with Crippen molar-refractivity contribution in [3.63, 3.8) is 0 Å². The van der Waals surface area contributed by atoms with Crippen LogP contribution in [0, 0.1) is 0 Å². The molecule has 0 saturated heterocycles. The smallest absolute Gasteiger partial charge is 0.266 e. The van der Waals surface area contributed by atoms with Gasteiger partial charge in [-0.2, -0.15) is 0 Å². The van der Waals surface area contributed by atoms with E-state index in [9.17, 15) is 9.59 Å². The van der Waals surface area contributed by atoms with E-state index < -0.39 is 0 Å². The van der Waals surface area contributed by atoms with E-state index in [0.717, 1.165) is 0 Å². The number of hydrogen-bond donors (Lipinski definition) is 1. The van der Waals surface area contributed by atoms with Crippen molar-refractivity contribution in [1.29, 1.82) is 0 Å². The number of nitrogens with zero attached hydrogens (tertiary/aromatic N) is 3. The van der Waals surface area contributed by atoms with Gasteiger partial charge in [-0.05, 0) is 28.1 Å². The second kappa shape index (κ2) is 5.78. The van der Waals surface area contributed by atoms with Crippen molar-refractivity contribution < 1.29 is 14.3 Å². The molecule has 1 aliphatic heterocycles. The molecule has 2 aromatic rings. The summed E-state index contributed by atoms with van der Waals surface area (Å²) in [4.78, 5) is 33.4. The molecule has 7 nitrogen and oxygen atoms in total. The van der Waals surface area contributed by atoms with Crippen LogP contribution in [0.15, 0.2) is 28.3 Å². The quantitative estimate of drug-likeness (QED) is 0.832. The lowest BCUT2D eigenvalue weighted by Gasteiger charge is -2.27. The molecular weight excluding hydrogens is 360 g/mol. The number of amides is 2. The predicted molar refractivity (Wildman–Crippen MR) is 80.5 cm³/mol. The van der Waals surface area contributed by atoms with Gasteiger partial charge in [0.2, 0.25) is 5.91 Å². The monoisotopic (exact) mass is 368 g/mol. The lowest BCUT2D eigenvalue weighted by molar-refractivity contribution is -0.123. The van der Waals surface area contributed by atoms with Gasteiger partial charge in [0.05, 0.1) is 0 Å². The first-order valence-corrected chi connectivity index (χ1v) is 7.60. The Morgan fingerprint density at radius 2 is 2.38 bits per heavy atom. The Labute approximate surface area is 132 Å². The summed E-state index contributed by atoms with van der Waals surface area (Å²) in [6.45, 7) is -0.251. The number of hydrogen-bond acceptors (Lipinski definition) is 6. The first-order chi connectivity index (χ1) is 10.1. The molecule has 0 bridgehead atoms. The van der Waals surface area contributed by atoms with Crippen molar-refractivity contribution in [2.45, 2.75) is 0 Å². The maximum Gasteiger partial charge on any atom is 0.266 e. The van der Waals surface area contributed by atoms with E-state index in [4.69, 9.17) is 4.74 Å². The normalized spacial score (nSPS) is 13.6. The Hall–Kier alpha value is -2.00. The highest BCUT2D eigenvalue weighted by atomic mass is 79.9. The summed E-state index contributed by atoms with van der Waals surface area (Å²) in [7, 11) is 0. The molecule has 1 aliphatic rings. The lowest BCUT2D eigenvalue weighted by atomic mass is 10.3. The van der Waals surface area contributed by atoms with Crippen LogP contribution in [0.4, 0.5) is 10.9 Å². The van der Waals surface area contributed by atoms with Gasteiger partial charge in [-0.25, -0.2) is 9.97 Å². The predicted octanol–water partition coefficient (Wildman–Crippen LogP) is 1.66. The maximum absolute atomic E-state index is 12.0. The fraction of sp³-hybridized carbons (Fsp3) is 0.167. The Balaban J connectivity index is 1.80. The standard InChI is InChI=1S/C12H9BrN4O3S/c13-8-2-1-7-11(15-8)17(10(19)6-20-7)5-9(18)16-12-14-3-4-21-12/h1-4H,5-6H2,(H,14,16,18). The van der Waals surface area contributed by atoms with Crippen LogP contribution in [-0.4, -0.2) is 34.9 Å². The van der Waals surface area contributed by atoms with Crippen LogP contribution in [-0.2, 0) is 9.59 Å². The third-order valence-electron chi connectivity index (χ3n) is 2.69. The highest BCUT2D eigenvalue weighted by molar-refractivity contribution is 9.10. The van der Waals surface area contributed by atoms with Crippen LogP contribution < -0.4 is 15.0 Å². The van der Waals surface area contributed by atoms with Gasteiger partial charge in [-0.3, -0.25) is 14.5 Å². The molecule has 0 atom stereocenters. The molecular formula is C12H9BrN4O3S. The topological polar surface area (TPSA) is 84.4 Å². The fourth-order valence-electron chi connectivity index (χ4n) is 1.80. The SMILES string of the molecule is O=C(CN1C(=O)COc2ccc(Br)nc21)Nc1nccs1. The van der Waals surface area contributed by atoms with Gasteiger partial charge in [0.15, 0.2) is 23.3 Å². The Morgan fingerprint density at radius 3 is 3.14 bits per heavy atom. The first kappa shape index (κ1) is 14.0. The van der Waals surface area contributed by atoms with Gasteiger partial charge >= 0.3 is 0 Å². The number of halogens is 1. The van der Waals surface area contributed by atoms with Crippen molar-refractivity contribution >= 4 is 50.0 Å². The van der Waals surface area contributed by atoms with Gasteiger partial charge in [-0.1, -0.05) is 0 Å². The number of carbonyl (C=O) groups excluding carboxylic acids is 2. The molecule has 0 aromatic carbocycles. The summed E-state index contributed by atoms with van der Waals surface area (Å²) in [6.07, 6.45) is 1.59. The number of carbonyl (C=O) groups is 2. The molecule has 21 heavy (non-hydrogen) atoms. The van der Waals surface area contributed by atoms with E-state index in [2.05, 4.69) is 31.2 Å². The third-order valence-corrected chi connectivity index (χ3v) is 3.82. The molecule has 0 aliphatic carbocycles. The van der Waals surface area contributed by atoms with Crippen molar-refractivity contribution in [1.82, 2.24) is 9.97 Å². The summed E-state index contributed by atoms with van der Waals surface area (Å²) in [5.41, 5.74) is 0. The summed E-state index contributed by atoms with van der Waals surface area (Å²) < 4.78 is 5.85. The second-order valence-electron chi connectivity index (χ2n) is 4.11. The van der Waals surface area contributed by atoms with Gasteiger partial charge in [-0.15, -0.1) is 11.3 Å². The number of fused-ring (bicyclic) bond motifs is 1. The Kier molecular flexibility index (Phi) is 3.84. The van der Waals surface area contributed by atoms with Gasteiger partial charge in [0.25, 0.3) is 5.91 Å². The van der Waals surface area contributed by atoms with Crippen molar-refractivity contribution in [2.75, 3.05) is 23.4 Å². The number of anilines is 2. The van der Waals surface area contributed by atoms with E-state index in [1.54, 1.807) is 23.7 Å². The maximum atomic E-state index is 12.0. The van der Waals surface area contributed by atoms with Crippen molar-refractivity contribution in [3.05, 3.63) is 28.3 Å². The van der Waals surface area contributed by atoms with Crippen LogP contribution >= 0.6 is 27.3 Å². The van der Waals surface area contributed by atoms with Crippen molar-refractivity contribution in [3.8, 4) is 5.75 Å². The largest absolute Gasteiger partial charge is 0.480 e. The third kappa shape index (κ3) is 3.03. The summed E-state index contributed by atoms with van der Waals surface area (Å²) >= 11 is 4.55. The van der Waals surface area contributed by atoms with Crippen LogP contribution in [0.5, 0.6) is 5.75 Å². The molecule has 3 rings (SSSR count). The molecule has 3 heterocycles. The average molecular weight is 369 g/mol. The van der Waals surface area contributed by atoms with E-state index in [1.807, 2.05) is 0 Å². The fourth-order valence-corrected chi connectivity index (χ4v) is 2.65. The Morgan fingerprint density at radius 1 is 1.52 bits per heavy atom. The first-order valence-electron chi connectivity index (χ1n) is 5.92. The molecule has 2 amide bonds. The number of ether oxygens (including phenoxy) is 1. The zero-order valence-electron chi connectivity index (χ0n) is 10.6. The number of nitrogens with one attached hydrogen (secondary N) is 1. The molecule has 1 N–H and O–H groups in total. The van der Waals surface area contributed by atoms with Crippen LogP contribution in [0.2, 0.25) is 0 Å². The molecule has 0 saturated carbocycles. The minimum atomic E-state index is -0.340. The molecule has 0 spiro atoms. The molecule has 9 heteroatoms.